The van der Waals surface area contributed by atoms with Crippen LogP contribution >= 0.6 is 18.2 Å². The highest BCUT2D eigenvalue weighted by Gasteiger charge is 2.37. The second-order valence-corrected chi connectivity index (χ2v) is 5.53. The van der Waals surface area contributed by atoms with Crippen LogP contribution in [0.15, 0.2) is 0 Å². The van der Waals surface area contributed by atoms with Gasteiger partial charge in [0.1, 0.15) is 0 Å². The summed E-state index contributed by atoms with van der Waals surface area (Å²) in [5.41, 5.74) is 0. The molecule has 1 heterocycles. The van der Waals surface area contributed by atoms with Crippen molar-refractivity contribution in [1.29, 1.82) is 0 Å². The molecule has 0 aliphatic carbocycles. The molecule has 0 aromatic heterocycles. The first-order valence-corrected chi connectivity index (χ1v) is 5.83. The molecule has 10 heavy (non-hydrogen) atoms. The summed E-state index contributed by atoms with van der Waals surface area (Å²) in [7, 11) is 0. The van der Waals surface area contributed by atoms with Crippen LogP contribution < -0.4 is 0 Å². The maximum atomic E-state index is 12.3. The lowest BCUT2D eigenvalue weighted by atomic mass is 10.8. The molecular weight excluding hydrogens is 204 g/mol. The maximum Gasteiger partial charge on any atom is 0.412 e. The predicted octanol–water partition coefficient (Wildman–Crippen LogP) is 1.21. The molecule has 1 fully saturated rings. The predicted molar refractivity (Wildman–Crippen MR) is 35.4 cm³/mol. The lowest BCUT2D eigenvalue weighted by molar-refractivity contribution is 0.390. The van der Waals surface area contributed by atoms with Gasteiger partial charge >= 0.3 is 6.96 Å². The van der Waals surface area contributed by atoms with E-state index in [1.165, 1.54) is 0 Å². The van der Waals surface area contributed by atoms with Gasteiger partial charge in [-0.15, -0.1) is 4.08 Å². The van der Waals surface area contributed by atoms with Crippen LogP contribution in [0.1, 0.15) is 0 Å². The van der Waals surface area contributed by atoms with E-state index in [1.54, 1.807) is 0 Å². The highest BCUT2D eigenvalue weighted by atomic mass is 35.7. The molecule has 4 nitrogen and oxygen atoms in total. The molecule has 1 saturated heterocycles. The van der Waals surface area contributed by atoms with Crippen LogP contribution in [-0.2, 0) is 20.0 Å². The van der Waals surface area contributed by atoms with Crippen molar-refractivity contribution in [3.63, 3.8) is 0 Å². The van der Waals surface area contributed by atoms with Crippen molar-refractivity contribution in [2.45, 2.75) is 0 Å². The molecule has 0 radical (unpaired) electrons. The Hall–Kier alpha value is 0.520. The molecule has 1 aliphatic heterocycles. The zero-order chi connectivity index (χ0) is 7.78. The molecule has 2 unspecified atom stereocenters. The van der Waals surface area contributed by atoms with E-state index in [0.29, 0.717) is 4.08 Å². The van der Waals surface area contributed by atoms with E-state index in [2.05, 4.69) is 4.18 Å². The first-order valence-electron chi connectivity index (χ1n) is 2.34. The summed E-state index contributed by atoms with van der Waals surface area (Å²) in [6.45, 7) is -4.29. The summed E-state index contributed by atoms with van der Waals surface area (Å²) in [5, 5.41) is 0. The Morgan fingerprint density at radius 2 is 2.40 bits per heavy atom. The SMILES string of the molecule is O=S1OCCN1P(=O)(F)Cl. The summed E-state index contributed by atoms with van der Waals surface area (Å²) in [6.07, 6.45) is 0. The topological polar surface area (TPSA) is 46.6 Å². The summed E-state index contributed by atoms with van der Waals surface area (Å²) in [4.78, 5) is 0. The van der Waals surface area contributed by atoms with Gasteiger partial charge in [0, 0.05) is 6.54 Å². The molecule has 0 amide bonds. The fourth-order valence-electron chi connectivity index (χ4n) is 0.516. The van der Waals surface area contributed by atoms with Crippen molar-refractivity contribution >= 4 is 29.5 Å². The third-order valence-electron chi connectivity index (χ3n) is 0.898. The minimum Gasteiger partial charge on any atom is -0.276 e. The minimum absolute atomic E-state index is 0.00386. The van der Waals surface area contributed by atoms with Gasteiger partial charge in [0.2, 0.25) is 11.3 Å². The number of hydrogen-bond donors (Lipinski definition) is 0. The van der Waals surface area contributed by atoms with Crippen LogP contribution in [0.4, 0.5) is 4.20 Å². The van der Waals surface area contributed by atoms with Gasteiger partial charge in [-0.2, -0.15) is 4.20 Å². The van der Waals surface area contributed by atoms with Gasteiger partial charge in [-0.25, -0.2) is 8.77 Å². The zero-order valence-electron chi connectivity index (χ0n) is 4.70. The van der Waals surface area contributed by atoms with E-state index >= 15 is 0 Å². The van der Waals surface area contributed by atoms with Crippen LogP contribution in [0.2, 0.25) is 0 Å². The number of halogens is 2. The highest BCUT2D eigenvalue weighted by molar-refractivity contribution is 7.94. The first kappa shape index (κ1) is 8.62. The van der Waals surface area contributed by atoms with Crippen LogP contribution in [0, 0.1) is 0 Å². The molecule has 0 saturated carbocycles. The van der Waals surface area contributed by atoms with Crippen molar-refractivity contribution in [3.8, 4) is 0 Å². The Bertz CT molecular complexity index is 207. The summed E-state index contributed by atoms with van der Waals surface area (Å²) >= 11 is 2.81. The van der Waals surface area contributed by atoms with Crippen LogP contribution in [0.3, 0.4) is 0 Å². The minimum atomic E-state index is -4.39. The molecule has 0 spiro atoms. The Balaban J connectivity index is 2.74. The summed E-state index contributed by atoms with van der Waals surface area (Å²) < 4.78 is 38.1. The molecule has 0 aromatic rings. The molecule has 0 N–H and O–H groups in total. The van der Waals surface area contributed by atoms with Crippen molar-refractivity contribution < 1.29 is 17.2 Å². The second kappa shape index (κ2) is 2.87. The van der Waals surface area contributed by atoms with Crippen LogP contribution in [0.25, 0.3) is 0 Å². The van der Waals surface area contributed by atoms with E-state index in [4.69, 9.17) is 11.2 Å². The number of nitrogens with zero attached hydrogens (tertiary/aromatic N) is 1. The molecule has 1 aliphatic rings. The van der Waals surface area contributed by atoms with Crippen molar-refractivity contribution in [2.75, 3.05) is 13.2 Å². The smallest absolute Gasteiger partial charge is 0.276 e. The van der Waals surface area contributed by atoms with E-state index in [1.807, 2.05) is 0 Å². The average Bonchev–Trinajstić information content (AvgIpc) is 2.11. The fourth-order valence-corrected chi connectivity index (χ4v) is 2.84. The van der Waals surface area contributed by atoms with E-state index in [0.717, 1.165) is 0 Å². The number of hydrogen-bond acceptors (Lipinski definition) is 3. The highest BCUT2D eigenvalue weighted by Crippen LogP contribution is 2.58. The van der Waals surface area contributed by atoms with Gasteiger partial charge in [-0.3, -0.25) is 4.18 Å². The zero-order valence-corrected chi connectivity index (χ0v) is 7.16. The van der Waals surface area contributed by atoms with Gasteiger partial charge in [0.15, 0.2) is 0 Å². The van der Waals surface area contributed by atoms with Gasteiger partial charge in [-0.1, -0.05) is 0 Å². The first-order chi connectivity index (χ1) is 4.52. The van der Waals surface area contributed by atoms with Gasteiger partial charge in [0.05, 0.1) is 6.61 Å². The van der Waals surface area contributed by atoms with E-state index in [-0.39, 0.29) is 13.2 Å². The Morgan fingerprint density at radius 1 is 1.80 bits per heavy atom. The fraction of sp³-hybridized carbons (Fsp3) is 1.00. The van der Waals surface area contributed by atoms with Crippen LogP contribution in [0.5, 0.6) is 0 Å². The van der Waals surface area contributed by atoms with Crippen LogP contribution in [-0.4, -0.2) is 21.4 Å². The molecular formula is C2H4ClFNO3PS. The molecule has 60 valence electrons. The molecule has 8 heteroatoms. The van der Waals surface area contributed by atoms with Gasteiger partial charge < -0.3 is 0 Å². The third-order valence-corrected chi connectivity index (χ3v) is 4.36. The maximum absolute atomic E-state index is 12.3. The Morgan fingerprint density at radius 3 is 2.60 bits per heavy atom. The van der Waals surface area contributed by atoms with Gasteiger partial charge in [0.25, 0.3) is 0 Å². The summed E-state index contributed by atoms with van der Waals surface area (Å²) in [5.74, 6) is 0. The quantitative estimate of drug-likeness (QED) is 0.608. The molecule has 0 aromatic carbocycles. The van der Waals surface area contributed by atoms with Crippen molar-refractivity contribution in [2.24, 2.45) is 0 Å². The summed E-state index contributed by atoms with van der Waals surface area (Å²) in [6, 6.07) is 0. The lowest BCUT2D eigenvalue weighted by Crippen LogP contribution is -2.12. The lowest BCUT2D eigenvalue weighted by Gasteiger charge is -2.08. The normalized spacial score (nSPS) is 34.0. The number of rotatable bonds is 1. The van der Waals surface area contributed by atoms with Crippen molar-refractivity contribution in [3.05, 3.63) is 0 Å². The Labute approximate surface area is 64.4 Å². The molecule has 1 rings (SSSR count). The third kappa shape index (κ3) is 1.77. The molecule has 0 bridgehead atoms. The standard InChI is InChI=1S/C2H4ClFNO3PS/c3-9(4,6)5-1-2-8-10(5)7/h1-2H2. The largest absolute Gasteiger partial charge is 0.412 e. The molecule has 2 atom stereocenters. The Kier molecular flexibility index (Phi) is 2.47. The monoisotopic (exact) mass is 207 g/mol. The van der Waals surface area contributed by atoms with E-state index in [9.17, 15) is 13.0 Å². The van der Waals surface area contributed by atoms with Gasteiger partial charge in [-0.05, 0) is 11.2 Å². The average molecular weight is 208 g/mol. The second-order valence-electron chi connectivity index (χ2n) is 1.55. The van der Waals surface area contributed by atoms with E-state index < -0.39 is 18.2 Å². The van der Waals surface area contributed by atoms with Crippen molar-refractivity contribution in [1.82, 2.24) is 4.08 Å².